The second-order valence-corrected chi connectivity index (χ2v) is 9.59. The van der Waals surface area contributed by atoms with Gasteiger partial charge in [-0.3, -0.25) is 15.3 Å². The maximum atomic E-state index is 11.8. The van der Waals surface area contributed by atoms with Gasteiger partial charge in [-0.2, -0.15) is 10.4 Å². The Kier molecular flexibility index (Phi) is 12.4. The van der Waals surface area contributed by atoms with Gasteiger partial charge in [0.2, 0.25) is 0 Å². The third kappa shape index (κ3) is 9.94. The Morgan fingerprint density at radius 2 is 1.69 bits per heavy atom. The highest BCUT2D eigenvalue weighted by atomic mass is 35.5. The average Bonchev–Trinajstić information content (AvgIpc) is 3.50. The van der Waals surface area contributed by atoms with Crippen LogP contribution >= 0.6 is 11.6 Å². The molecule has 4 rings (SSSR count). The van der Waals surface area contributed by atoms with Crippen molar-refractivity contribution >= 4 is 35.2 Å². The normalized spacial score (nSPS) is 11.6. The molecular weight excluding hydrogens is 556 g/mol. The van der Waals surface area contributed by atoms with Crippen LogP contribution in [-0.4, -0.2) is 33.6 Å². The van der Waals surface area contributed by atoms with Crippen molar-refractivity contribution in [3.63, 3.8) is 0 Å². The molecule has 2 N–H and O–H groups in total. The number of anilines is 2. The van der Waals surface area contributed by atoms with E-state index in [1.54, 1.807) is 60.4 Å². The third-order valence-corrected chi connectivity index (χ3v) is 6.31. The molecule has 2 amide bonds. The number of aromatic nitrogens is 3. The highest BCUT2D eigenvalue weighted by Crippen LogP contribution is 2.32. The number of ether oxygens (including phenoxy) is 2. The summed E-state index contributed by atoms with van der Waals surface area (Å²) in [7, 11) is 0. The number of carbonyl (C=O) groups excluding carboxylic acids is 2. The van der Waals surface area contributed by atoms with E-state index in [1.807, 2.05) is 30.3 Å². The monoisotopic (exact) mass is 588 g/mol. The summed E-state index contributed by atoms with van der Waals surface area (Å²) in [5.74, 6) is 0.308. The van der Waals surface area contributed by atoms with E-state index >= 15 is 0 Å². The van der Waals surface area contributed by atoms with Gasteiger partial charge < -0.3 is 9.47 Å². The van der Waals surface area contributed by atoms with Crippen molar-refractivity contribution in [1.29, 1.82) is 5.26 Å². The van der Waals surface area contributed by atoms with Gasteiger partial charge in [0.1, 0.15) is 23.8 Å². The van der Waals surface area contributed by atoms with Gasteiger partial charge in [0, 0.05) is 22.5 Å². The molecule has 0 aliphatic carbocycles. The molecule has 1 atom stereocenters. The number of unbranched alkanes of at least 4 members (excludes halogenated alkanes) is 1. The minimum absolute atomic E-state index is 0.279. The largest absolute Gasteiger partial charge is 0.450 e. The second-order valence-electron chi connectivity index (χ2n) is 9.15. The van der Waals surface area contributed by atoms with Crippen LogP contribution in [0.15, 0.2) is 91.5 Å². The number of hydrogen-bond acceptors (Lipinski definition) is 7. The number of nitrogens with zero attached hydrogens (tertiary/aromatic N) is 4. The zero-order valence-corrected chi connectivity index (χ0v) is 24.3. The van der Waals surface area contributed by atoms with Gasteiger partial charge in [-0.25, -0.2) is 14.6 Å². The van der Waals surface area contributed by atoms with E-state index in [0.29, 0.717) is 28.7 Å². The molecule has 0 saturated heterocycles. The molecule has 0 aliphatic heterocycles. The molecule has 0 spiro atoms. The third-order valence-electron chi connectivity index (χ3n) is 6.05. The smallest absolute Gasteiger partial charge is 0.417 e. The van der Waals surface area contributed by atoms with E-state index in [1.165, 1.54) is 12.4 Å². The molecule has 3 aromatic carbocycles. The minimum atomic E-state index is -0.612. The van der Waals surface area contributed by atoms with Gasteiger partial charge in [0.25, 0.3) is 0 Å². The maximum absolute atomic E-state index is 11.8. The van der Waals surface area contributed by atoms with E-state index in [9.17, 15) is 14.9 Å². The molecule has 1 aromatic heterocycles. The maximum Gasteiger partial charge on any atom is 0.417 e. The Balaban J connectivity index is 0.000000231. The first kappa shape index (κ1) is 31.6. The topological polar surface area (TPSA) is 131 Å². The number of nitriles is 1. The van der Waals surface area contributed by atoms with Gasteiger partial charge in [0.05, 0.1) is 19.2 Å². The first-order chi connectivity index (χ1) is 20.4. The zero-order valence-electron chi connectivity index (χ0n) is 23.5. The number of benzene rings is 3. The van der Waals surface area contributed by atoms with Gasteiger partial charge in [-0.15, -0.1) is 0 Å². The summed E-state index contributed by atoms with van der Waals surface area (Å²) in [6, 6.07) is 25.4. The molecule has 10 nitrogen and oxygen atoms in total. The van der Waals surface area contributed by atoms with E-state index in [4.69, 9.17) is 21.1 Å². The molecule has 0 bridgehead atoms. The molecule has 1 unspecified atom stereocenters. The molecule has 42 heavy (non-hydrogen) atoms. The Bertz CT molecular complexity index is 1440. The lowest BCUT2D eigenvalue weighted by atomic mass is 9.77. The van der Waals surface area contributed by atoms with Crippen LogP contribution in [0.2, 0.25) is 5.02 Å². The van der Waals surface area contributed by atoms with Gasteiger partial charge in [-0.1, -0.05) is 67.8 Å². The highest BCUT2D eigenvalue weighted by Gasteiger charge is 2.32. The van der Waals surface area contributed by atoms with Crippen molar-refractivity contribution in [1.82, 2.24) is 14.8 Å². The summed E-state index contributed by atoms with van der Waals surface area (Å²) in [6.07, 6.45) is 4.80. The highest BCUT2D eigenvalue weighted by molar-refractivity contribution is 6.30. The molecule has 0 saturated carbocycles. The summed E-state index contributed by atoms with van der Waals surface area (Å²) in [5, 5.41) is 19.7. The van der Waals surface area contributed by atoms with E-state index in [0.717, 1.165) is 24.8 Å². The fourth-order valence-corrected chi connectivity index (χ4v) is 4.13. The van der Waals surface area contributed by atoms with Crippen LogP contribution < -0.4 is 15.4 Å². The Morgan fingerprint density at radius 1 is 0.976 bits per heavy atom. The summed E-state index contributed by atoms with van der Waals surface area (Å²) >= 11 is 5.94. The van der Waals surface area contributed by atoms with Crippen LogP contribution in [0.1, 0.15) is 38.7 Å². The minimum Gasteiger partial charge on any atom is -0.450 e. The fraction of sp³-hybridized carbons (Fsp3) is 0.258. The number of halogens is 1. The van der Waals surface area contributed by atoms with E-state index in [2.05, 4.69) is 33.7 Å². The predicted octanol–water partition coefficient (Wildman–Crippen LogP) is 7.45. The van der Waals surface area contributed by atoms with Crippen molar-refractivity contribution in [2.75, 3.05) is 17.2 Å². The number of rotatable bonds is 10. The lowest BCUT2D eigenvalue weighted by Crippen LogP contribution is -2.30. The summed E-state index contributed by atoms with van der Waals surface area (Å²) < 4.78 is 11.6. The predicted molar refractivity (Wildman–Crippen MR) is 161 cm³/mol. The van der Waals surface area contributed by atoms with Crippen molar-refractivity contribution in [2.24, 2.45) is 0 Å². The number of carbonyl (C=O) groups is 2. The van der Waals surface area contributed by atoms with Crippen LogP contribution in [0.25, 0.3) is 0 Å². The molecule has 0 aliphatic rings. The molecule has 0 fully saturated rings. The molecule has 218 valence electrons. The van der Waals surface area contributed by atoms with Crippen LogP contribution in [0.5, 0.6) is 5.75 Å². The second kappa shape index (κ2) is 16.4. The summed E-state index contributed by atoms with van der Waals surface area (Å²) in [6.45, 7) is 4.62. The van der Waals surface area contributed by atoms with E-state index < -0.39 is 17.6 Å². The van der Waals surface area contributed by atoms with Crippen molar-refractivity contribution in [2.45, 2.75) is 45.1 Å². The first-order valence-electron chi connectivity index (χ1n) is 13.4. The molecule has 0 radical (unpaired) electrons. The number of para-hydroxylation sites is 1. The molecule has 1 heterocycles. The summed E-state index contributed by atoms with van der Waals surface area (Å²) in [5.41, 5.74) is 1.50. The van der Waals surface area contributed by atoms with Gasteiger partial charge in [-0.05, 0) is 55.3 Å². The van der Waals surface area contributed by atoms with E-state index in [-0.39, 0.29) is 6.61 Å². The van der Waals surface area contributed by atoms with Crippen LogP contribution in [0.3, 0.4) is 0 Å². The average molecular weight is 589 g/mol. The Hall–Kier alpha value is -4.88. The summed E-state index contributed by atoms with van der Waals surface area (Å²) in [4.78, 5) is 27.1. The van der Waals surface area contributed by atoms with Crippen LogP contribution in [-0.2, 0) is 16.7 Å². The SMILES string of the molecule is CCCCC(C#N)(Cn1cncn1)c1ccc(Cl)cc1.CCOC(=O)Nc1cccc(OC(=O)Nc2ccccc2)c1. The quantitative estimate of drug-likeness (QED) is 0.197. The van der Waals surface area contributed by atoms with Gasteiger partial charge in [0.15, 0.2) is 0 Å². The first-order valence-corrected chi connectivity index (χ1v) is 13.8. The standard InChI is InChI=1S/C16H16N2O4.C15H17ClN4/c1-2-21-15(19)18-13-9-6-10-14(11-13)22-16(20)17-12-7-4-3-5-8-12;1-2-3-8-15(9-17,10-20-12-18-11-19-20)13-4-6-14(16)7-5-13/h3-11H,2H2,1H3,(H,17,20)(H,18,19);4-7,11-12H,2-3,8,10H2,1H3. The van der Waals surface area contributed by atoms with Gasteiger partial charge >= 0.3 is 12.2 Å². The van der Waals surface area contributed by atoms with Crippen molar-refractivity contribution in [3.8, 4) is 11.8 Å². The number of amides is 2. The fourth-order valence-electron chi connectivity index (χ4n) is 4.00. The van der Waals surface area contributed by atoms with Crippen LogP contribution in [0.4, 0.5) is 21.0 Å². The zero-order chi connectivity index (χ0) is 30.2. The number of nitrogens with one attached hydrogen (secondary N) is 2. The molecule has 11 heteroatoms. The lowest BCUT2D eigenvalue weighted by molar-refractivity contribution is 0.168. The Labute approximate surface area is 250 Å². The Morgan fingerprint density at radius 3 is 2.33 bits per heavy atom. The lowest BCUT2D eigenvalue weighted by Gasteiger charge is -2.27. The van der Waals surface area contributed by atoms with Crippen LogP contribution in [0, 0.1) is 11.3 Å². The number of hydrogen-bond donors (Lipinski definition) is 2. The van der Waals surface area contributed by atoms with Crippen molar-refractivity contribution in [3.05, 3.63) is 102 Å². The molecule has 4 aromatic rings. The molecular formula is C31H33ClN6O4. The van der Waals surface area contributed by atoms with Crippen molar-refractivity contribution < 1.29 is 19.1 Å².